The monoisotopic (exact) mass is 563 g/mol. The molecular weight excluding hydrogens is 531 g/mol. The van der Waals surface area contributed by atoms with Gasteiger partial charge in [-0.2, -0.15) is 0 Å². The van der Waals surface area contributed by atoms with Crippen LogP contribution in [0.4, 0.5) is 8.78 Å². The highest BCUT2D eigenvalue weighted by Crippen LogP contribution is 2.39. The molecule has 5 rings (SSSR count). The van der Waals surface area contributed by atoms with Crippen molar-refractivity contribution >= 4 is 40.1 Å². The topological polar surface area (TPSA) is 56.2 Å². The molecule has 9 heteroatoms. The highest BCUT2D eigenvalue weighted by molar-refractivity contribution is 6.35. The summed E-state index contributed by atoms with van der Waals surface area (Å²) < 4.78 is 36.8. The molecule has 1 heterocycles. The van der Waals surface area contributed by atoms with Crippen molar-refractivity contribution in [3.05, 3.63) is 57.8 Å². The van der Waals surface area contributed by atoms with Gasteiger partial charge in [-0.1, -0.05) is 61.7 Å². The molecular formula is C29H33Cl2F2N3O2. The van der Waals surface area contributed by atoms with Gasteiger partial charge >= 0.3 is 0 Å². The van der Waals surface area contributed by atoms with Crippen LogP contribution in [0.3, 0.4) is 0 Å². The third-order valence-corrected chi connectivity index (χ3v) is 8.45. The van der Waals surface area contributed by atoms with Crippen molar-refractivity contribution in [2.75, 3.05) is 0 Å². The van der Waals surface area contributed by atoms with Crippen LogP contribution in [-0.4, -0.2) is 21.5 Å². The number of rotatable bonds is 7. The van der Waals surface area contributed by atoms with Gasteiger partial charge < -0.3 is 14.6 Å². The minimum absolute atomic E-state index is 0.0444. The van der Waals surface area contributed by atoms with Crippen LogP contribution < -0.4 is 10.1 Å². The zero-order chi connectivity index (χ0) is 26.8. The lowest BCUT2D eigenvalue weighted by Crippen LogP contribution is -2.44. The number of aromatic nitrogens is 2. The normalized spacial score (nSPS) is 18.9. The number of imidazole rings is 1. The van der Waals surface area contributed by atoms with Crippen molar-refractivity contribution in [2.45, 2.75) is 89.3 Å². The number of benzene rings is 2. The number of hydrogen-bond acceptors (Lipinski definition) is 3. The lowest BCUT2D eigenvalue weighted by atomic mass is 9.82. The number of carbonyl (C=O) groups excluding carboxylic acids is 1. The standard InChI is InChI=1S/C29H33Cl2F2N3O2/c1-17(38-26-13-12-19(30)14-21(26)31)28-35-24-15-22(32)23(33)16-25(24)36(28)27(18-8-4-2-5-9-18)29(37)34-20-10-6-3-7-11-20/h12-18,20,27H,2-11H2,1H3,(H,34,37). The zero-order valence-corrected chi connectivity index (χ0v) is 23.0. The van der Waals surface area contributed by atoms with Gasteiger partial charge in [0.25, 0.3) is 0 Å². The lowest BCUT2D eigenvalue weighted by Gasteiger charge is -2.34. The summed E-state index contributed by atoms with van der Waals surface area (Å²) in [5.74, 6) is -1.18. The largest absolute Gasteiger partial charge is 0.481 e. The molecule has 38 heavy (non-hydrogen) atoms. The van der Waals surface area contributed by atoms with Crippen molar-refractivity contribution in [3.63, 3.8) is 0 Å². The van der Waals surface area contributed by atoms with Crippen LogP contribution in [0.1, 0.15) is 89.1 Å². The average molecular weight is 565 g/mol. The van der Waals surface area contributed by atoms with Gasteiger partial charge in [0.05, 0.1) is 16.1 Å². The third kappa shape index (κ3) is 5.79. The molecule has 2 aliphatic rings. The fourth-order valence-corrected chi connectivity index (χ4v) is 6.48. The SMILES string of the molecule is CC(Oc1ccc(Cl)cc1Cl)c1nc2cc(F)c(F)cc2n1C(C(=O)NC1CCCCC1)C1CCCCC1. The molecule has 2 saturated carbocycles. The maximum Gasteiger partial charge on any atom is 0.243 e. The second-order valence-corrected chi connectivity index (χ2v) is 11.5. The Labute approximate surface area is 231 Å². The number of halogens is 4. The summed E-state index contributed by atoms with van der Waals surface area (Å²) in [5.41, 5.74) is 0.661. The van der Waals surface area contributed by atoms with Gasteiger partial charge in [0.2, 0.25) is 5.91 Å². The quantitative estimate of drug-likeness (QED) is 0.314. The Hall–Kier alpha value is -2.38. The summed E-state index contributed by atoms with van der Waals surface area (Å²) in [6.45, 7) is 1.80. The number of amides is 1. The predicted molar refractivity (Wildman–Crippen MR) is 146 cm³/mol. The second-order valence-electron chi connectivity index (χ2n) is 10.6. The molecule has 0 radical (unpaired) electrons. The van der Waals surface area contributed by atoms with Crippen molar-refractivity contribution in [1.82, 2.24) is 14.9 Å². The van der Waals surface area contributed by atoms with Gasteiger partial charge in [-0.05, 0) is 56.7 Å². The average Bonchev–Trinajstić information content (AvgIpc) is 3.25. The summed E-state index contributed by atoms with van der Waals surface area (Å²) in [5, 5.41) is 4.11. The molecule has 0 aliphatic heterocycles. The van der Waals surface area contributed by atoms with Crippen LogP contribution in [-0.2, 0) is 4.79 Å². The number of carbonyl (C=O) groups is 1. The van der Waals surface area contributed by atoms with Crippen LogP contribution >= 0.6 is 23.2 Å². The molecule has 0 spiro atoms. The van der Waals surface area contributed by atoms with Crippen LogP contribution in [0.25, 0.3) is 11.0 Å². The van der Waals surface area contributed by atoms with Gasteiger partial charge in [-0.3, -0.25) is 4.79 Å². The number of nitrogens with zero attached hydrogens (tertiary/aromatic N) is 2. The van der Waals surface area contributed by atoms with E-state index in [2.05, 4.69) is 10.3 Å². The summed E-state index contributed by atoms with van der Waals surface area (Å²) >= 11 is 12.4. The molecule has 0 bridgehead atoms. The minimum Gasteiger partial charge on any atom is -0.481 e. The smallest absolute Gasteiger partial charge is 0.243 e. The van der Waals surface area contributed by atoms with E-state index in [9.17, 15) is 13.6 Å². The van der Waals surface area contributed by atoms with Crippen molar-refractivity contribution in [2.24, 2.45) is 5.92 Å². The second kappa shape index (κ2) is 11.8. The van der Waals surface area contributed by atoms with E-state index in [4.69, 9.17) is 27.9 Å². The Balaban J connectivity index is 1.59. The number of nitrogens with one attached hydrogen (secondary N) is 1. The minimum atomic E-state index is -0.983. The molecule has 0 saturated heterocycles. The summed E-state index contributed by atoms with van der Waals surface area (Å²) in [6.07, 6.45) is 9.54. The summed E-state index contributed by atoms with van der Waals surface area (Å²) in [6, 6.07) is 6.66. The van der Waals surface area contributed by atoms with E-state index in [0.29, 0.717) is 27.1 Å². The van der Waals surface area contributed by atoms with E-state index in [-0.39, 0.29) is 23.4 Å². The van der Waals surface area contributed by atoms with Gasteiger partial charge in [-0.25, -0.2) is 13.8 Å². The Bertz CT molecular complexity index is 1300. The molecule has 204 valence electrons. The van der Waals surface area contributed by atoms with E-state index in [1.54, 1.807) is 29.7 Å². The predicted octanol–water partition coefficient (Wildman–Crippen LogP) is 8.33. The zero-order valence-electron chi connectivity index (χ0n) is 21.5. The lowest BCUT2D eigenvalue weighted by molar-refractivity contribution is -0.127. The summed E-state index contributed by atoms with van der Waals surface area (Å²) in [7, 11) is 0. The molecule has 2 aliphatic carbocycles. The molecule has 1 N–H and O–H groups in total. The first-order chi connectivity index (χ1) is 18.3. The third-order valence-electron chi connectivity index (χ3n) is 7.91. The van der Waals surface area contributed by atoms with E-state index in [0.717, 1.165) is 69.9 Å². The van der Waals surface area contributed by atoms with Gasteiger partial charge in [-0.15, -0.1) is 0 Å². The van der Waals surface area contributed by atoms with Crippen LogP contribution in [0.15, 0.2) is 30.3 Å². The van der Waals surface area contributed by atoms with Gasteiger partial charge in [0, 0.05) is 23.2 Å². The van der Waals surface area contributed by atoms with E-state index in [1.807, 2.05) is 0 Å². The number of fused-ring (bicyclic) bond motifs is 1. The molecule has 2 fully saturated rings. The first-order valence-corrected chi connectivity index (χ1v) is 14.4. The van der Waals surface area contributed by atoms with Crippen LogP contribution in [0.5, 0.6) is 5.75 Å². The van der Waals surface area contributed by atoms with E-state index in [1.165, 1.54) is 6.42 Å². The molecule has 2 aromatic carbocycles. The maximum absolute atomic E-state index is 14.6. The molecule has 1 amide bonds. The van der Waals surface area contributed by atoms with Gasteiger partial charge in [0.1, 0.15) is 11.8 Å². The van der Waals surface area contributed by atoms with E-state index < -0.39 is 23.8 Å². The first kappa shape index (κ1) is 27.2. The molecule has 2 unspecified atom stereocenters. The molecule has 1 aromatic heterocycles. The highest BCUT2D eigenvalue weighted by Gasteiger charge is 2.36. The maximum atomic E-state index is 14.6. The van der Waals surface area contributed by atoms with Crippen LogP contribution in [0, 0.1) is 17.6 Å². The summed E-state index contributed by atoms with van der Waals surface area (Å²) in [4.78, 5) is 18.7. The Morgan fingerprint density at radius 2 is 1.66 bits per heavy atom. The Morgan fingerprint density at radius 3 is 2.34 bits per heavy atom. The van der Waals surface area contributed by atoms with Crippen LogP contribution in [0.2, 0.25) is 10.0 Å². The van der Waals surface area contributed by atoms with Crippen molar-refractivity contribution in [3.8, 4) is 5.75 Å². The highest BCUT2D eigenvalue weighted by atomic mass is 35.5. The molecule has 2 atom stereocenters. The van der Waals surface area contributed by atoms with Crippen molar-refractivity contribution in [1.29, 1.82) is 0 Å². The Morgan fingerprint density at radius 1 is 1.00 bits per heavy atom. The Kier molecular flexibility index (Phi) is 8.44. The van der Waals surface area contributed by atoms with Gasteiger partial charge in [0.15, 0.2) is 23.6 Å². The molecule has 5 nitrogen and oxygen atoms in total. The first-order valence-electron chi connectivity index (χ1n) is 13.6. The van der Waals surface area contributed by atoms with Crippen molar-refractivity contribution < 1.29 is 18.3 Å². The van der Waals surface area contributed by atoms with E-state index >= 15 is 0 Å². The fraction of sp³-hybridized carbons (Fsp3) is 0.517. The fourth-order valence-electron chi connectivity index (χ4n) is 6.03. The molecule has 3 aromatic rings. The number of hydrogen-bond donors (Lipinski definition) is 1. The number of ether oxygens (including phenoxy) is 1.